The van der Waals surface area contributed by atoms with Crippen LogP contribution in [0, 0.1) is 6.92 Å². The number of aryl methyl sites for hydroxylation is 2. The Morgan fingerprint density at radius 2 is 2.19 bits per heavy atom. The second-order valence-corrected chi connectivity index (χ2v) is 4.69. The van der Waals surface area contributed by atoms with Gasteiger partial charge in [-0.1, -0.05) is 26.2 Å². The van der Waals surface area contributed by atoms with Crippen molar-refractivity contribution in [1.29, 1.82) is 0 Å². The van der Waals surface area contributed by atoms with Crippen molar-refractivity contribution in [2.75, 3.05) is 0 Å². The minimum atomic E-state index is 0.603. The van der Waals surface area contributed by atoms with Crippen molar-refractivity contribution in [2.24, 2.45) is 7.05 Å². The molecule has 16 heavy (non-hydrogen) atoms. The Kier molecular flexibility index (Phi) is 5.53. The van der Waals surface area contributed by atoms with Crippen LogP contribution in [0.25, 0.3) is 0 Å². The highest BCUT2D eigenvalue weighted by atomic mass is 15.2. The van der Waals surface area contributed by atoms with Gasteiger partial charge in [-0.25, -0.2) is 0 Å². The molecule has 0 saturated heterocycles. The fourth-order valence-corrected chi connectivity index (χ4v) is 1.91. The van der Waals surface area contributed by atoms with Crippen LogP contribution < -0.4 is 5.32 Å². The van der Waals surface area contributed by atoms with E-state index in [4.69, 9.17) is 0 Å². The van der Waals surface area contributed by atoms with Gasteiger partial charge < -0.3 is 5.32 Å². The second-order valence-electron chi connectivity index (χ2n) is 4.69. The highest BCUT2D eigenvalue weighted by molar-refractivity contribution is 5.14. The van der Waals surface area contributed by atoms with Gasteiger partial charge in [0.15, 0.2) is 0 Å². The molecule has 92 valence electrons. The first-order valence-corrected chi connectivity index (χ1v) is 6.36. The van der Waals surface area contributed by atoms with E-state index in [0.29, 0.717) is 6.04 Å². The van der Waals surface area contributed by atoms with E-state index in [2.05, 4.69) is 37.4 Å². The van der Waals surface area contributed by atoms with Gasteiger partial charge in [0.1, 0.15) is 0 Å². The molecular weight excluding hydrogens is 198 g/mol. The van der Waals surface area contributed by atoms with E-state index in [1.54, 1.807) is 0 Å². The van der Waals surface area contributed by atoms with E-state index >= 15 is 0 Å². The number of hydrogen-bond donors (Lipinski definition) is 1. The van der Waals surface area contributed by atoms with E-state index in [-0.39, 0.29) is 0 Å². The van der Waals surface area contributed by atoms with Gasteiger partial charge in [0.25, 0.3) is 0 Å². The van der Waals surface area contributed by atoms with Crippen LogP contribution >= 0.6 is 0 Å². The van der Waals surface area contributed by atoms with Gasteiger partial charge in [-0.05, 0) is 20.3 Å². The molecule has 3 nitrogen and oxygen atoms in total. The van der Waals surface area contributed by atoms with Crippen LogP contribution in [0.4, 0.5) is 0 Å². The Balaban J connectivity index is 2.26. The Labute approximate surface area is 99.2 Å². The first-order valence-electron chi connectivity index (χ1n) is 6.36. The number of nitrogens with one attached hydrogen (secondary N) is 1. The Morgan fingerprint density at radius 3 is 2.75 bits per heavy atom. The summed E-state index contributed by atoms with van der Waals surface area (Å²) in [5.74, 6) is 0. The normalized spacial score (nSPS) is 13.0. The molecule has 1 heterocycles. The lowest BCUT2D eigenvalue weighted by Gasteiger charge is -2.12. The summed E-state index contributed by atoms with van der Waals surface area (Å²) in [6, 6.07) is 0.603. The highest BCUT2D eigenvalue weighted by Crippen LogP contribution is 2.07. The maximum Gasteiger partial charge on any atom is 0.0638 e. The molecule has 1 aromatic heterocycles. The third-order valence-corrected chi connectivity index (χ3v) is 3.00. The van der Waals surface area contributed by atoms with Crippen molar-refractivity contribution in [3.8, 4) is 0 Å². The molecule has 0 bridgehead atoms. The molecule has 1 aromatic rings. The second kappa shape index (κ2) is 6.69. The maximum atomic E-state index is 4.34. The van der Waals surface area contributed by atoms with Gasteiger partial charge in [-0.15, -0.1) is 0 Å². The molecular formula is C13H25N3. The highest BCUT2D eigenvalue weighted by Gasteiger charge is 2.05. The van der Waals surface area contributed by atoms with E-state index in [0.717, 1.165) is 12.2 Å². The molecule has 0 aromatic carbocycles. The van der Waals surface area contributed by atoms with Crippen LogP contribution in [-0.2, 0) is 13.6 Å². The lowest BCUT2D eigenvalue weighted by molar-refractivity contribution is 0.486. The zero-order valence-corrected chi connectivity index (χ0v) is 11.1. The van der Waals surface area contributed by atoms with Crippen molar-refractivity contribution in [2.45, 2.75) is 59.0 Å². The average Bonchev–Trinajstić information content (AvgIpc) is 2.55. The van der Waals surface area contributed by atoms with Crippen molar-refractivity contribution in [1.82, 2.24) is 15.1 Å². The van der Waals surface area contributed by atoms with Crippen molar-refractivity contribution in [3.63, 3.8) is 0 Å². The lowest BCUT2D eigenvalue weighted by Crippen LogP contribution is -2.25. The zero-order chi connectivity index (χ0) is 12.0. The first-order chi connectivity index (χ1) is 7.63. The summed E-state index contributed by atoms with van der Waals surface area (Å²) in [6.45, 7) is 7.52. The zero-order valence-electron chi connectivity index (χ0n) is 11.1. The fourth-order valence-electron chi connectivity index (χ4n) is 1.91. The van der Waals surface area contributed by atoms with Gasteiger partial charge in [-0.2, -0.15) is 5.10 Å². The van der Waals surface area contributed by atoms with Crippen LogP contribution in [0.5, 0.6) is 0 Å². The Morgan fingerprint density at radius 1 is 1.44 bits per heavy atom. The molecule has 0 aliphatic carbocycles. The minimum absolute atomic E-state index is 0.603. The van der Waals surface area contributed by atoms with Gasteiger partial charge >= 0.3 is 0 Å². The topological polar surface area (TPSA) is 29.9 Å². The molecule has 0 radical (unpaired) electrons. The lowest BCUT2D eigenvalue weighted by atomic mass is 10.1. The molecule has 1 unspecified atom stereocenters. The van der Waals surface area contributed by atoms with Gasteiger partial charge in [-0.3, -0.25) is 4.68 Å². The summed E-state index contributed by atoms with van der Waals surface area (Å²) in [5.41, 5.74) is 2.44. The van der Waals surface area contributed by atoms with Crippen molar-refractivity contribution >= 4 is 0 Å². The fraction of sp³-hybridized carbons (Fsp3) is 0.769. The maximum absolute atomic E-state index is 4.34. The minimum Gasteiger partial charge on any atom is -0.310 e. The number of rotatable bonds is 7. The summed E-state index contributed by atoms with van der Waals surface area (Å²) in [7, 11) is 1.97. The predicted octanol–water partition coefficient (Wildman–Crippen LogP) is 2.79. The van der Waals surface area contributed by atoms with Gasteiger partial charge in [0.2, 0.25) is 0 Å². The summed E-state index contributed by atoms with van der Waals surface area (Å²) >= 11 is 0. The molecule has 0 fully saturated rings. The first kappa shape index (κ1) is 13.2. The summed E-state index contributed by atoms with van der Waals surface area (Å²) in [5, 5.41) is 7.90. The molecule has 0 amide bonds. The third kappa shape index (κ3) is 4.35. The van der Waals surface area contributed by atoms with E-state index < -0.39 is 0 Å². The molecule has 0 aliphatic rings. The van der Waals surface area contributed by atoms with Crippen molar-refractivity contribution < 1.29 is 0 Å². The van der Waals surface area contributed by atoms with Gasteiger partial charge in [0.05, 0.1) is 5.69 Å². The standard InChI is InChI=1S/C13H25N3/c1-5-6-7-8-11(2)14-9-13-10-16(4)15-12(13)3/h10-11,14H,5-9H2,1-4H3. The van der Waals surface area contributed by atoms with Crippen LogP contribution in [0.3, 0.4) is 0 Å². The number of aromatic nitrogens is 2. The van der Waals surface area contributed by atoms with E-state index in [1.807, 2.05) is 11.7 Å². The Bertz CT molecular complexity index is 304. The number of nitrogens with zero attached hydrogens (tertiary/aromatic N) is 2. The van der Waals surface area contributed by atoms with Crippen molar-refractivity contribution in [3.05, 3.63) is 17.5 Å². The summed E-state index contributed by atoms with van der Waals surface area (Å²) < 4.78 is 1.88. The molecule has 1 rings (SSSR count). The van der Waals surface area contributed by atoms with Crippen LogP contribution in [0.1, 0.15) is 50.8 Å². The molecule has 0 spiro atoms. The predicted molar refractivity (Wildman–Crippen MR) is 68.4 cm³/mol. The van der Waals surface area contributed by atoms with Gasteiger partial charge in [0, 0.05) is 31.4 Å². The summed E-state index contributed by atoms with van der Waals surface area (Å²) in [4.78, 5) is 0. The third-order valence-electron chi connectivity index (χ3n) is 3.00. The summed E-state index contributed by atoms with van der Waals surface area (Å²) in [6.07, 6.45) is 7.34. The quantitative estimate of drug-likeness (QED) is 0.720. The van der Waals surface area contributed by atoms with E-state index in [1.165, 1.54) is 31.2 Å². The smallest absolute Gasteiger partial charge is 0.0638 e. The molecule has 1 N–H and O–H groups in total. The van der Waals surface area contributed by atoms with E-state index in [9.17, 15) is 0 Å². The van der Waals surface area contributed by atoms with Crippen LogP contribution in [0.2, 0.25) is 0 Å². The SMILES string of the molecule is CCCCCC(C)NCc1cn(C)nc1C. The van der Waals surface area contributed by atoms with Crippen LogP contribution in [-0.4, -0.2) is 15.8 Å². The number of unbranched alkanes of at least 4 members (excludes halogenated alkanes) is 2. The molecule has 0 saturated carbocycles. The molecule has 1 atom stereocenters. The monoisotopic (exact) mass is 223 g/mol. The van der Waals surface area contributed by atoms with Crippen LogP contribution in [0.15, 0.2) is 6.20 Å². The average molecular weight is 223 g/mol. The molecule has 0 aliphatic heterocycles. The number of hydrogen-bond acceptors (Lipinski definition) is 2. The largest absolute Gasteiger partial charge is 0.310 e. The Hall–Kier alpha value is -0.830. The molecule has 3 heteroatoms.